The summed E-state index contributed by atoms with van der Waals surface area (Å²) in [6.45, 7) is 8.10. The average Bonchev–Trinajstić information content (AvgIpc) is 3.65. The van der Waals surface area contributed by atoms with Gasteiger partial charge in [-0.2, -0.15) is 0 Å². The number of aromatic nitrogens is 1. The van der Waals surface area contributed by atoms with Gasteiger partial charge in [-0.15, -0.1) is 11.3 Å². The molecule has 1 spiro atoms. The van der Waals surface area contributed by atoms with Crippen LogP contribution in [0, 0.1) is 0 Å². The van der Waals surface area contributed by atoms with Crippen molar-refractivity contribution in [2.45, 2.75) is 62.5 Å². The first-order valence-electron chi connectivity index (χ1n) is 17.1. The van der Waals surface area contributed by atoms with Gasteiger partial charge in [0.1, 0.15) is 22.0 Å². The number of thiazole rings is 1. The van der Waals surface area contributed by atoms with Crippen molar-refractivity contribution in [3.05, 3.63) is 46.0 Å². The Hall–Kier alpha value is -2.65. The quantitative estimate of drug-likeness (QED) is 0.0951. The van der Waals surface area contributed by atoms with E-state index >= 15 is 0 Å². The van der Waals surface area contributed by atoms with Gasteiger partial charge in [0, 0.05) is 29.7 Å². The van der Waals surface area contributed by atoms with Gasteiger partial charge < -0.3 is 43.6 Å². The number of ketones is 1. The molecule has 1 unspecified atom stereocenters. The first-order valence-corrected chi connectivity index (χ1v) is 20.5. The highest BCUT2D eigenvalue weighted by atomic mass is 33.1. The Balaban J connectivity index is 1.55. The van der Waals surface area contributed by atoms with Gasteiger partial charge in [0.15, 0.2) is 11.9 Å². The molecule has 3 heterocycles. The predicted octanol–water partition coefficient (Wildman–Crippen LogP) is 2.66. The third-order valence-corrected chi connectivity index (χ3v) is 13.2. The highest BCUT2D eigenvalue weighted by Crippen LogP contribution is 2.50. The summed E-state index contributed by atoms with van der Waals surface area (Å²) < 4.78 is 49.1. The predicted molar refractivity (Wildman–Crippen MR) is 199 cm³/mol. The number of rotatable bonds is 18. The molecule has 0 aromatic carbocycles. The number of hydrogen-bond donors (Lipinski definition) is 2. The van der Waals surface area contributed by atoms with E-state index in [0.29, 0.717) is 79.9 Å². The molecule has 18 heteroatoms. The first-order chi connectivity index (χ1) is 25.4. The molecule has 1 amide bonds. The summed E-state index contributed by atoms with van der Waals surface area (Å²) in [6.07, 6.45) is 5.91. The minimum Gasteiger partial charge on any atom is -0.448 e. The molecule has 0 saturated carbocycles. The van der Waals surface area contributed by atoms with Crippen LogP contribution in [0.3, 0.4) is 0 Å². The van der Waals surface area contributed by atoms with Crippen LogP contribution < -0.4 is 5.32 Å². The maximum atomic E-state index is 13.4. The zero-order valence-corrected chi connectivity index (χ0v) is 33.0. The van der Waals surface area contributed by atoms with Crippen LogP contribution in [0.5, 0.6) is 0 Å². The number of nitrogens with zero attached hydrogens (tertiary/aromatic N) is 1. The van der Waals surface area contributed by atoms with Crippen molar-refractivity contribution >= 4 is 60.8 Å². The van der Waals surface area contributed by atoms with Crippen LogP contribution in [0.15, 0.2) is 35.3 Å². The lowest BCUT2D eigenvalue weighted by atomic mass is 9.81. The molecule has 2 N–H and O–H groups in total. The van der Waals surface area contributed by atoms with Crippen molar-refractivity contribution in [2.75, 3.05) is 79.8 Å². The Bertz CT molecular complexity index is 1480. The van der Waals surface area contributed by atoms with E-state index in [-0.39, 0.29) is 26.1 Å². The Morgan fingerprint density at radius 2 is 1.55 bits per heavy atom. The van der Waals surface area contributed by atoms with Crippen molar-refractivity contribution in [1.29, 1.82) is 0 Å². The monoisotopic (exact) mass is 802 g/mol. The molecule has 0 aliphatic carbocycles. The molecule has 1 aromatic rings. The van der Waals surface area contributed by atoms with E-state index in [1.54, 1.807) is 38.5 Å². The van der Waals surface area contributed by atoms with E-state index in [0.717, 1.165) is 0 Å². The molecule has 1 aromatic heterocycles. The number of fused-ring (bicyclic) bond motifs is 2. The summed E-state index contributed by atoms with van der Waals surface area (Å²) in [5.41, 5.74) is -0.927. The molecule has 296 valence electrons. The number of carbonyl (C=O) groups excluding carboxylic acids is 4. The van der Waals surface area contributed by atoms with Gasteiger partial charge in [0.2, 0.25) is 11.0 Å². The maximum Gasteiger partial charge on any atom is 0.333 e. The topological polar surface area (TPSA) is 195 Å². The summed E-state index contributed by atoms with van der Waals surface area (Å²) in [5.74, 6) is -1.82. The number of ether oxygens (including phenoxy) is 7. The number of aliphatic hydroxyl groups is 1. The van der Waals surface area contributed by atoms with Crippen LogP contribution in [0.25, 0.3) is 6.08 Å². The normalized spacial score (nSPS) is 27.8. The third kappa shape index (κ3) is 14.5. The smallest absolute Gasteiger partial charge is 0.333 e. The summed E-state index contributed by atoms with van der Waals surface area (Å²) in [5, 5.41) is 15.9. The van der Waals surface area contributed by atoms with Crippen LogP contribution in [0.4, 0.5) is 0 Å². The minimum absolute atomic E-state index is 0.0304. The van der Waals surface area contributed by atoms with Crippen molar-refractivity contribution in [3.8, 4) is 0 Å². The van der Waals surface area contributed by atoms with Gasteiger partial charge in [-0.05, 0) is 51.8 Å². The Morgan fingerprint density at radius 1 is 0.962 bits per heavy atom. The Kier molecular flexibility index (Phi) is 19.7. The van der Waals surface area contributed by atoms with Crippen LogP contribution >= 0.6 is 22.1 Å². The molecule has 1 saturated heterocycles. The molecule has 53 heavy (non-hydrogen) atoms. The van der Waals surface area contributed by atoms with E-state index < -0.39 is 68.1 Å². The molecule has 5 atom stereocenters. The van der Waals surface area contributed by atoms with E-state index in [1.807, 2.05) is 0 Å². The van der Waals surface area contributed by atoms with Crippen molar-refractivity contribution in [3.63, 3.8) is 0 Å². The Labute approximate surface area is 320 Å². The summed E-state index contributed by atoms with van der Waals surface area (Å²) in [4.78, 5) is 56.5. The zero-order chi connectivity index (χ0) is 38.7. The number of hydrogen-bond acceptors (Lipinski definition) is 16. The molecule has 2 bridgehead atoms. The number of allylic oxidation sites excluding steroid dienone is 3. The second-order valence-electron chi connectivity index (χ2n) is 12.3. The Morgan fingerprint density at radius 3 is 2.13 bits per heavy atom. The lowest BCUT2D eigenvalue weighted by Gasteiger charge is -2.36. The fourth-order valence-corrected chi connectivity index (χ4v) is 9.82. The zero-order valence-electron chi connectivity index (χ0n) is 30.5. The van der Waals surface area contributed by atoms with Crippen molar-refractivity contribution in [2.24, 2.45) is 0 Å². The van der Waals surface area contributed by atoms with Crippen LogP contribution in [0.1, 0.15) is 56.8 Å². The summed E-state index contributed by atoms with van der Waals surface area (Å²) >= 11 is 1.32. The van der Waals surface area contributed by atoms with Crippen LogP contribution in [0.2, 0.25) is 0 Å². The number of amides is 1. The molecule has 0 radical (unpaired) electrons. The highest BCUT2D eigenvalue weighted by molar-refractivity contribution is 8.76. The molecule has 15 nitrogen and oxygen atoms in total. The van der Waals surface area contributed by atoms with Gasteiger partial charge in [-0.3, -0.25) is 14.4 Å². The average molecular weight is 803 g/mol. The molecular formula is C35H50N2O13S3. The van der Waals surface area contributed by atoms with Gasteiger partial charge in [-0.25, -0.2) is 14.0 Å². The number of nitrogens with one attached hydrogen (secondary N) is 1. The second kappa shape index (κ2) is 23.3. The van der Waals surface area contributed by atoms with Gasteiger partial charge in [-0.1, -0.05) is 17.7 Å². The van der Waals surface area contributed by atoms with E-state index in [4.69, 9.17) is 33.2 Å². The summed E-state index contributed by atoms with van der Waals surface area (Å²) in [7, 11) is 0.165. The number of esters is 1. The standard InChI is InChI=1S/C35H50N2O13S3/c1-25-9-10-35(34(3,42)33(41)52-53(35)43)22-30(39)36-26(2)32-37-27(24-51-32)7-5-6-8-28(38)29(21-25)50-31(40)23-49-20-19-48-18-17-47-16-15-46-14-13-45-12-11-44-4/h5-8,21,24,26,29,42H,9-20,22-23H2,1-4H3,(H,36,39)/b7-5-,8-6+,25-21+/t26-,29+,34-,35+,53?/m0/s1. The lowest BCUT2D eigenvalue weighted by Crippen LogP contribution is -2.55. The molecule has 3 rings (SSSR count). The first kappa shape index (κ1) is 44.7. The molecular weight excluding hydrogens is 753 g/mol. The third-order valence-electron chi connectivity index (χ3n) is 8.17. The van der Waals surface area contributed by atoms with Gasteiger partial charge in [0.25, 0.3) is 0 Å². The number of methoxy groups -OCH3 is 1. The van der Waals surface area contributed by atoms with E-state index in [1.165, 1.54) is 36.5 Å². The summed E-state index contributed by atoms with van der Waals surface area (Å²) in [6, 6.07) is -0.488. The van der Waals surface area contributed by atoms with Crippen LogP contribution in [-0.4, -0.2) is 133 Å². The van der Waals surface area contributed by atoms with Gasteiger partial charge >= 0.3 is 5.97 Å². The van der Waals surface area contributed by atoms with E-state index in [9.17, 15) is 28.5 Å². The molecule has 1 fully saturated rings. The second-order valence-corrected chi connectivity index (χ2v) is 16.4. The van der Waals surface area contributed by atoms with Crippen molar-refractivity contribution in [1.82, 2.24) is 10.3 Å². The fraction of sp³-hybridized carbons (Fsp3) is 0.629. The fourth-order valence-electron chi connectivity index (χ4n) is 5.08. The SMILES string of the molecule is COCCOCCOCCOCCOCCOCC(=O)O[C@@H]1/C=C(\C)CC[C@]2(CC(=O)N[C@@H](C)c3nc(cs3)/C=C\C=C\C1=O)S(=O)SC(=O)[C@]2(C)O. The van der Waals surface area contributed by atoms with Crippen LogP contribution in [-0.2, 0) is 62.2 Å². The van der Waals surface area contributed by atoms with Gasteiger partial charge in [0.05, 0.1) is 87.6 Å². The largest absolute Gasteiger partial charge is 0.448 e. The minimum atomic E-state index is -2.07. The molecule has 2 aliphatic heterocycles. The van der Waals surface area contributed by atoms with Crippen molar-refractivity contribution < 1.29 is 61.7 Å². The number of carbonyl (C=O) groups is 4. The van der Waals surface area contributed by atoms with E-state index in [2.05, 4.69) is 10.3 Å². The molecule has 2 aliphatic rings. The maximum absolute atomic E-state index is 13.4. The highest BCUT2D eigenvalue weighted by Gasteiger charge is 2.63. The lowest BCUT2D eigenvalue weighted by molar-refractivity contribution is -0.156.